The van der Waals surface area contributed by atoms with Crippen molar-refractivity contribution in [2.45, 2.75) is 32.1 Å². The summed E-state index contributed by atoms with van der Waals surface area (Å²) in [5.74, 6) is -1.58. The largest absolute Gasteiger partial charge is 0.352 e. The first-order chi connectivity index (χ1) is 15.9. The molecule has 2 N–H and O–H groups in total. The highest BCUT2D eigenvalue weighted by molar-refractivity contribution is 8.03. The number of allylic oxidation sites excluding steroid dienone is 3. The van der Waals surface area contributed by atoms with Gasteiger partial charge in [-0.1, -0.05) is 47.6 Å². The minimum atomic E-state index is -0.790. The second kappa shape index (κ2) is 9.82. The molecule has 1 atom stereocenters. The van der Waals surface area contributed by atoms with E-state index in [2.05, 4.69) is 16.7 Å². The van der Waals surface area contributed by atoms with Crippen LogP contribution in [0.3, 0.4) is 0 Å². The summed E-state index contributed by atoms with van der Waals surface area (Å²) >= 11 is 7.28. The van der Waals surface area contributed by atoms with Crippen LogP contribution in [-0.2, 0) is 9.59 Å². The zero-order chi connectivity index (χ0) is 23.5. The van der Waals surface area contributed by atoms with Crippen LogP contribution in [0.5, 0.6) is 0 Å². The number of hydrogen-bond donors (Lipinski definition) is 2. The summed E-state index contributed by atoms with van der Waals surface area (Å²) in [6, 6.07) is 13.6. The van der Waals surface area contributed by atoms with Crippen molar-refractivity contribution in [3.63, 3.8) is 0 Å². The topological polar surface area (TPSA) is 82.0 Å². The highest BCUT2D eigenvalue weighted by Crippen LogP contribution is 2.44. The maximum Gasteiger partial charge on any atom is 0.234 e. The number of nitrogens with zero attached hydrogens (tertiary/aromatic N) is 1. The molecule has 8 heteroatoms. The van der Waals surface area contributed by atoms with Gasteiger partial charge in [0.05, 0.1) is 28.3 Å². The highest BCUT2D eigenvalue weighted by Gasteiger charge is 2.38. The Morgan fingerprint density at radius 1 is 1.30 bits per heavy atom. The second-order valence-corrected chi connectivity index (χ2v) is 9.30. The van der Waals surface area contributed by atoms with E-state index < -0.39 is 11.7 Å². The number of rotatable bonds is 5. The number of thioether (sulfide) groups is 1. The number of carbonyl (C=O) groups excluding carboxylic acids is 2. The van der Waals surface area contributed by atoms with E-state index in [4.69, 9.17) is 11.6 Å². The number of nitrogens with one attached hydrogen (secondary N) is 2. The van der Waals surface area contributed by atoms with Crippen LogP contribution >= 0.6 is 23.4 Å². The first-order valence-electron chi connectivity index (χ1n) is 10.5. The average Bonchev–Trinajstić information content (AvgIpc) is 2.80. The van der Waals surface area contributed by atoms with E-state index in [1.54, 1.807) is 30.3 Å². The van der Waals surface area contributed by atoms with Gasteiger partial charge in [-0.3, -0.25) is 9.59 Å². The van der Waals surface area contributed by atoms with Gasteiger partial charge in [0.25, 0.3) is 0 Å². The van der Waals surface area contributed by atoms with Crippen LogP contribution in [-0.4, -0.2) is 17.4 Å². The van der Waals surface area contributed by atoms with Crippen LogP contribution < -0.4 is 10.6 Å². The molecule has 0 bridgehead atoms. The van der Waals surface area contributed by atoms with Gasteiger partial charge in [-0.25, -0.2) is 4.39 Å². The number of Topliss-reactive ketones (excluding diaryl/α,β-unsaturated/α-hetero) is 1. The number of amides is 1. The van der Waals surface area contributed by atoms with E-state index in [1.165, 1.54) is 6.07 Å². The summed E-state index contributed by atoms with van der Waals surface area (Å²) in [7, 11) is 0. The van der Waals surface area contributed by atoms with E-state index in [0.717, 1.165) is 17.3 Å². The fourth-order valence-electron chi connectivity index (χ4n) is 4.06. The zero-order valence-electron chi connectivity index (χ0n) is 17.9. The molecule has 0 saturated heterocycles. The van der Waals surface area contributed by atoms with Crippen molar-refractivity contribution < 1.29 is 14.0 Å². The number of halogens is 2. The number of benzene rings is 2. The molecule has 2 aliphatic rings. The second-order valence-electron chi connectivity index (χ2n) is 7.90. The summed E-state index contributed by atoms with van der Waals surface area (Å²) in [5.41, 5.74) is 3.16. The molecule has 0 fully saturated rings. The van der Waals surface area contributed by atoms with E-state index in [0.29, 0.717) is 46.3 Å². The fraction of sp³-hybridized carbons (Fsp3) is 0.240. The predicted octanol–water partition coefficient (Wildman–Crippen LogP) is 5.59. The molecule has 5 nitrogen and oxygen atoms in total. The van der Waals surface area contributed by atoms with Gasteiger partial charge in [0.15, 0.2) is 5.78 Å². The molecule has 1 aliphatic heterocycles. The van der Waals surface area contributed by atoms with Crippen LogP contribution in [0.4, 0.5) is 10.1 Å². The van der Waals surface area contributed by atoms with E-state index in [1.807, 2.05) is 13.0 Å². The van der Waals surface area contributed by atoms with Crippen LogP contribution in [0.25, 0.3) is 0 Å². The van der Waals surface area contributed by atoms with Crippen molar-refractivity contribution in [2.24, 2.45) is 0 Å². The molecule has 1 aliphatic carbocycles. The number of nitriles is 1. The van der Waals surface area contributed by atoms with Gasteiger partial charge in [0.1, 0.15) is 5.82 Å². The molecule has 1 heterocycles. The molecule has 2 aromatic carbocycles. The third-order valence-electron chi connectivity index (χ3n) is 5.68. The third-order valence-corrected chi connectivity index (χ3v) is 7.11. The zero-order valence-corrected chi connectivity index (χ0v) is 19.4. The molecule has 0 spiro atoms. The lowest BCUT2D eigenvalue weighted by Crippen LogP contribution is -2.32. The number of anilines is 1. The molecule has 4 rings (SSSR count). The fourth-order valence-corrected chi connectivity index (χ4v) is 5.11. The number of ketones is 1. The van der Waals surface area contributed by atoms with Crippen molar-refractivity contribution in [3.05, 3.63) is 86.3 Å². The Bertz CT molecular complexity index is 1250. The van der Waals surface area contributed by atoms with E-state index in [-0.39, 0.29) is 28.6 Å². The van der Waals surface area contributed by atoms with Gasteiger partial charge in [0.2, 0.25) is 5.91 Å². The predicted molar refractivity (Wildman–Crippen MR) is 128 cm³/mol. The van der Waals surface area contributed by atoms with Crippen molar-refractivity contribution in [2.75, 3.05) is 11.1 Å². The Kier molecular flexibility index (Phi) is 6.87. The smallest absolute Gasteiger partial charge is 0.234 e. The summed E-state index contributed by atoms with van der Waals surface area (Å²) in [6.45, 7) is 1.87. The lowest BCUT2D eigenvalue weighted by atomic mass is 9.76. The number of carbonyl (C=O) groups is 2. The van der Waals surface area contributed by atoms with Gasteiger partial charge < -0.3 is 10.6 Å². The molecular formula is C25H21ClFN3O2S. The van der Waals surface area contributed by atoms with Crippen LogP contribution in [0.1, 0.15) is 36.3 Å². The lowest BCUT2D eigenvalue weighted by molar-refractivity contribution is -0.116. The number of aryl methyl sites for hydroxylation is 1. The lowest BCUT2D eigenvalue weighted by Gasteiger charge is -2.33. The number of dihydropyridines is 1. The van der Waals surface area contributed by atoms with Crippen molar-refractivity contribution in [1.29, 1.82) is 5.26 Å². The maximum atomic E-state index is 14.7. The molecule has 2 aromatic rings. The Balaban J connectivity index is 1.61. The molecular weight excluding hydrogens is 461 g/mol. The van der Waals surface area contributed by atoms with Crippen LogP contribution in [0, 0.1) is 24.1 Å². The Morgan fingerprint density at radius 3 is 2.82 bits per heavy atom. The Labute approximate surface area is 200 Å². The summed E-state index contributed by atoms with van der Waals surface area (Å²) in [6.07, 6.45) is 1.68. The summed E-state index contributed by atoms with van der Waals surface area (Å²) in [5, 5.41) is 17.0. The van der Waals surface area contributed by atoms with Crippen molar-refractivity contribution in [3.8, 4) is 6.07 Å². The van der Waals surface area contributed by atoms with Crippen LogP contribution in [0.2, 0.25) is 5.02 Å². The molecule has 0 aromatic heterocycles. The van der Waals surface area contributed by atoms with Crippen molar-refractivity contribution in [1.82, 2.24) is 5.32 Å². The first kappa shape index (κ1) is 23.1. The quantitative estimate of drug-likeness (QED) is 0.581. The third kappa shape index (κ3) is 4.82. The molecule has 33 heavy (non-hydrogen) atoms. The molecule has 0 radical (unpaired) electrons. The monoisotopic (exact) mass is 481 g/mol. The molecule has 168 valence electrons. The van der Waals surface area contributed by atoms with Crippen LogP contribution in [0.15, 0.2) is 64.3 Å². The first-order valence-corrected chi connectivity index (χ1v) is 11.9. The molecule has 0 saturated carbocycles. The summed E-state index contributed by atoms with van der Waals surface area (Å²) < 4.78 is 14.7. The summed E-state index contributed by atoms with van der Waals surface area (Å²) in [4.78, 5) is 25.3. The van der Waals surface area contributed by atoms with Gasteiger partial charge in [-0.05, 0) is 43.5 Å². The van der Waals surface area contributed by atoms with Gasteiger partial charge >= 0.3 is 0 Å². The van der Waals surface area contributed by atoms with E-state index >= 15 is 0 Å². The minimum absolute atomic E-state index is 0.0273. The van der Waals surface area contributed by atoms with Gasteiger partial charge in [0, 0.05) is 34.0 Å². The molecule has 1 amide bonds. The Morgan fingerprint density at radius 2 is 2.09 bits per heavy atom. The maximum absolute atomic E-state index is 14.7. The average molecular weight is 482 g/mol. The van der Waals surface area contributed by atoms with Gasteiger partial charge in [-0.2, -0.15) is 5.26 Å². The van der Waals surface area contributed by atoms with Gasteiger partial charge in [-0.15, -0.1) is 0 Å². The minimum Gasteiger partial charge on any atom is -0.352 e. The highest BCUT2D eigenvalue weighted by atomic mass is 35.5. The molecule has 1 unspecified atom stereocenters. The standard InChI is InChI=1S/C25H21ClFN3O2S/c1-14-9-10-15(11-18(14)26)29-22(32)13-33-25-17(12-28)23(16-5-2-3-6-19(16)27)24-20(30-25)7-4-8-21(24)31/h2-3,5-6,9-11,23,30H,4,7-8,13H2,1H3,(H,29,32). The van der Waals surface area contributed by atoms with E-state index in [9.17, 15) is 19.2 Å². The van der Waals surface area contributed by atoms with Crippen molar-refractivity contribution >= 4 is 40.7 Å². The SMILES string of the molecule is Cc1ccc(NC(=O)CSC2=C(C#N)C(c3ccccc3F)C3=C(CCCC3=O)N2)cc1Cl. The number of hydrogen-bond acceptors (Lipinski definition) is 5. The Hall–Kier alpha value is -3.08. The normalized spacial score (nSPS) is 17.9.